The van der Waals surface area contributed by atoms with E-state index in [1.807, 2.05) is 61.5 Å². The number of hydrogen-bond acceptors (Lipinski definition) is 5. The first-order valence-electron chi connectivity index (χ1n) is 10.5. The average molecular weight is 436 g/mol. The van der Waals surface area contributed by atoms with Crippen LogP contribution in [0.15, 0.2) is 87.8 Å². The second kappa shape index (κ2) is 8.24. The van der Waals surface area contributed by atoms with Crippen LogP contribution in [0.25, 0.3) is 22.3 Å². The summed E-state index contributed by atoms with van der Waals surface area (Å²) in [7, 11) is 0. The largest absolute Gasteiger partial charge is 0.450 e. The zero-order chi connectivity index (χ0) is 22.9. The Kier molecular flexibility index (Phi) is 5.11. The van der Waals surface area contributed by atoms with Crippen LogP contribution in [0.1, 0.15) is 37.7 Å². The summed E-state index contributed by atoms with van der Waals surface area (Å²) in [6, 6.07) is 23.7. The molecule has 33 heavy (non-hydrogen) atoms. The molecule has 0 unspecified atom stereocenters. The summed E-state index contributed by atoms with van der Waals surface area (Å²) in [5.41, 5.74) is 3.83. The van der Waals surface area contributed by atoms with Crippen molar-refractivity contribution in [3.63, 3.8) is 0 Å². The summed E-state index contributed by atoms with van der Waals surface area (Å²) in [6.45, 7) is 3.66. The minimum Gasteiger partial charge on any atom is -0.450 e. The minimum absolute atomic E-state index is 0.0729. The van der Waals surface area contributed by atoms with Crippen molar-refractivity contribution >= 4 is 28.3 Å². The number of fused-ring (bicyclic) bond motifs is 1. The van der Waals surface area contributed by atoms with Crippen molar-refractivity contribution in [1.29, 1.82) is 0 Å². The van der Waals surface area contributed by atoms with Gasteiger partial charge in [-0.25, -0.2) is 0 Å². The number of aryl methyl sites for hydroxylation is 2. The quantitative estimate of drug-likeness (QED) is 0.332. The number of carbonyl (C=O) groups excluding carboxylic acids is 2. The van der Waals surface area contributed by atoms with Crippen molar-refractivity contribution in [2.45, 2.75) is 13.8 Å². The lowest BCUT2D eigenvalue weighted by atomic mass is 10.0. The smallest absolute Gasteiger partial charge is 0.261 e. The number of nitrogens with one attached hydrogen (secondary N) is 1. The van der Waals surface area contributed by atoms with Crippen molar-refractivity contribution in [2.24, 2.45) is 0 Å². The molecule has 2 aromatic heterocycles. The third-order valence-corrected chi connectivity index (χ3v) is 5.48. The standard InChI is InChI=1S/C27H20N2O4/c1-16-12-14-18(15-13-16)24(30)26-23(20-10-6-7-11-21(20)32-26)28-27(31)22-17(2)29-33-25(22)19-8-4-3-5-9-19/h3-15H,1-2H3,(H,28,31). The van der Waals surface area contributed by atoms with Crippen molar-refractivity contribution in [3.8, 4) is 11.3 Å². The third kappa shape index (κ3) is 3.72. The first-order valence-corrected chi connectivity index (χ1v) is 10.5. The van der Waals surface area contributed by atoms with E-state index in [0.717, 1.165) is 11.1 Å². The Bertz CT molecular complexity index is 1480. The van der Waals surface area contributed by atoms with Gasteiger partial charge in [-0.3, -0.25) is 9.59 Å². The van der Waals surface area contributed by atoms with Gasteiger partial charge in [0.2, 0.25) is 5.78 Å². The van der Waals surface area contributed by atoms with E-state index in [1.54, 1.807) is 31.2 Å². The fourth-order valence-corrected chi connectivity index (χ4v) is 3.77. The Morgan fingerprint density at radius 2 is 1.55 bits per heavy atom. The molecule has 0 radical (unpaired) electrons. The average Bonchev–Trinajstić information content (AvgIpc) is 3.40. The maximum atomic E-state index is 13.4. The first kappa shape index (κ1) is 20.5. The maximum absolute atomic E-state index is 13.4. The van der Waals surface area contributed by atoms with Crippen LogP contribution in [0.3, 0.4) is 0 Å². The van der Waals surface area contributed by atoms with Crippen LogP contribution in [-0.2, 0) is 0 Å². The van der Waals surface area contributed by atoms with Crippen LogP contribution in [0.2, 0.25) is 0 Å². The molecule has 0 saturated carbocycles. The summed E-state index contributed by atoms with van der Waals surface area (Å²) >= 11 is 0. The van der Waals surface area contributed by atoms with Gasteiger partial charge in [0.15, 0.2) is 11.5 Å². The van der Waals surface area contributed by atoms with E-state index in [2.05, 4.69) is 10.5 Å². The van der Waals surface area contributed by atoms with Crippen LogP contribution in [0, 0.1) is 13.8 Å². The zero-order valence-corrected chi connectivity index (χ0v) is 18.1. The predicted octanol–water partition coefficient (Wildman–Crippen LogP) is 6.19. The lowest BCUT2D eigenvalue weighted by molar-refractivity contribution is 0.101. The molecule has 6 heteroatoms. The summed E-state index contributed by atoms with van der Waals surface area (Å²) in [5.74, 6) is -0.308. The monoisotopic (exact) mass is 436 g/mol. The lowest BCUT2D eigenvalue weighted by Crippen LogP contribution is -2.15. The van der Waals surface area contributed by atoms with E-state index >= 15 is 0 Å². The molecule has 0 saturated heterocycles. The summed E-state index contributed by atoms with van der Waals surface area (Å²) in [4.78, 5) is 26.7. The topological polar surface area (TPSA) is 85.3 Å². The number of furan rings is 1. The number of amides is 1. The molecular weight excluding hydrogens is 416 g/mol. The number of aromatic nitrogens is 1. The van der Waals surface area contributed by atoms with Crippen molar-refractivity contribution in [1.82, 2.24) is 5.16 Å². The summed E-state index contributed by atoms with van der Waals surface area (Å²) in [6.07, 6.45) is 0. The van der Waals surface area contributed by atoms with Crippen molar-refractivity contribution in [2.75, 3.05) is 5.32 Å². The van der Waals surface area contributed by atoms with Crippen molar-refractivity contribution < 1.29 is 18.5 Å². The molecule has 162 valence electrons. The number of hydrogen-bond donors (Lipinski definition) is 1. The molecule has 5 rings (SSSR count). The van der Waals surface area contributed by atoms with Crippen LogP contribution >= 0.6 is 0 Å². The molecule has 5 aromatic rings. The Labute approximate surface area is 189 Å². The van der Waals surface area contributed by atoms with E-state index < -0.39 is 5.91 Å². The van der Waals surface area contributed by atoms with Crippen LogP contribution in [0.4, 0.5) is 5.69 Å². The van der Waals surface area contributed by atoms with Gasteiger partial charge in [0.1, 0.15) is 11.1 Å². The lowest BCUT2D eigenvalue weighted by Gasteiger charge is -2.07. The molecule has 3 aromatic carbocycles. The van der Waals surface area contributed by atoms with Gasteiger partial charge in [-0.05, 0) is 26.0 Å². The van der Waals surface area contributed by atoms with Crippen LogP contribution in [0.5, 0.6) is 0 Å². The van der Waals surface area contributed by atoms with E-state index in [9.17, 15) is 9.59 Å². The normalized spacial score (nSPS) is 11.0. The minimum atomic E-state index is -0.433. The summed E-state index contributed by atoms with van der Waals surface area (Å²) in [5, 5.41) is 7.52. The number of nitrogens with zero attached hydrogens (tertiary/aromatic N) is 1. The van der Waals surface area contributed by atoms with Gasteiger partial charge in [0, 0.05) is 16.5 Å². The SMILES string of the molecule is Cc1ccc(C(=O)c2oc3ccccc3c2NC(=O)c2c(C)noc2-c2ccccc2)cc1. The Balaban J connectivity index is 1.58. The number of rotatable bonds is 5. The number of carbonyl (C=O) groups is 2. The van der Waals surface area contributed by atoms with Gasteiger partial charge < -0.3 is 14.3 Å². The first-order chi connectivity index (χ1) is 16.0. The van der Waals surface area contributed by atoms with Crippen LogP contribution < -0.4 is 5.32 Å². The van der Waals surface area contributed by atoms with Gasteiger partial charge >= 0.3 is 0 Å². The van der Waals surface area contributed by atoms with Crippen molar-refractivity contribution in [3.05, 3.63) is 107 Å². The molecular formula is C27H20N2O4. The molecule has 6 nitrogen and oxygen atoms in total. The Morgan fingerprint density at radius 1 is 0.848 bits per heavy atom. The molecule has 0 aliphatic carbocycles. The van der Waals surface area contributed by atoms with Gasteiger partial charge in [-0.15, -0.1) is 0 Å². The molecule has 0 spiro atoms. The second-order valence-electron chi connectivity index (χ2n) is 7.79. The molecule has 0 bridgehead atoms. The molecule has 0 aliphatic rings. The number of para-hydroxylation sites is 1. The van der Waals surface area contributed by atoms with Gasteiger partial charge in [-0.1, -0.05) is 77.5 Å². The molecule has 2 heterocycles. The van der Waals surface area contributed by atoms with E-state index in [1.165, 1.54) is 0 Å². The van der Waals surface area contributed by atoms with E-state index in [-0.39, 0.29) is 11.5 Å². The Morgan fingerprint density at radius 3 is 2.30 bits per heavy atom. The molecule has 0 fully saturated rings. The van der Waals surface area contributed by atoms with Gasteiger partial charge in [0.05, 0.1) is 11.4 Å². The fraction of sp³-hybridized carbons (Fsp3) is 0.0741. The van der Waals surface area contributed by atoms with Gasteiger partial charge in [-0.2, -0.15) is 0 Å². The molecule has 1 N–H and O–H groups in total. The number of ketones is 1. The molecule has 1 amide bonds. The highest BCUT2D eigenvalue weighted by molar-refractivity contribution is 6.19. The van der Waals surface area contributed by atoms with E-state index in [0.29, 0.717) is 39.2 Å². The number of benzene rings is 3. The van der Waals surface area contributed by atoms with E-state index in [4.69, 9.17) is 8.94 Å². The zero-order valence-electron chi connectivity index (χ0n) is 18.1. The van der Waals surface area contributed by atoms with Gasteiger partial charge in [0.25, 0.3) is 5.91 Å². The maximum Gasteiger partial charge on any atom is 0.261 e. The van der Waals surface area contributed by atoms with Crippen LogP contribution in [-0.4, -0.2) is 16.8 Å². The summed E-state index contributed by atoms with van der Waals surface area (Å²) < 4.78 is 11.4. The highest BCUT2D eigenvalue weighted by atomic mass is 16.5. The highest BCUT2D eigenvalue weighted by Gasteiger charge is 2.27. The molecule has 0 aliphatic heterocycles. The third-order valence-electron chi connectivity index (χ3n) is 5.48. The number of anilines is 1. The molecule has 0 atom stereocenters. The highest BCUT2D eigenvalue weighted by Crippen LogP contribution is 2.34. The fourth-order valence-electron chi connectivity index (χ4n) is 3.77. The Hall–Kier alpha value is -4.45. The predicted molar refractivity (Wildman–Crippen MR) is 125 cm³/mol. The second-order valence-corrected chi connectivity index (χ2v) is 7.79.